The van der Waals surface area contributed by atoms with Crippen molar-refractivity contribution in [3.05, 3.63) is 35.9 Å². The predicted molar refractivity (Wildman–Crippen MR) is 79.5 cm³/mol. The Bertz CT molecular complexity index is 425. The zero-order valence-electron chi connectivity index (χ0n) is 12.6. The molecule has 20 heavy (non-hydrogen) atoms. The van der Waals surface area contributed by atoms with Crippen LogP contribution in [-0.2, 0) is 9.53 Å². The van der Waals surface area contributed by atoms with Crippen molar-refractivity contribution in [3.8, 4) is 0 Å². The number of hydrogen-bond acceptors (Lipinski definition) is 3. The molecule has 1 aliphatic rings. The molecule has 1 atom stereocenters. The first-order valence-electron chi connectivity index (χ1n) is 7.16. The summed E-state index contributed by atoms with van der Waals surface area (Å²) < 4.78 is 5.41. The first kappa shape index (κ1) is 15.0. The quantitative estimate of drug-likeness (QED) is 0.842. The van der Waals surface area contributed by atoms with Gasteiger partial charge in [0.05, 0.1) is 6.10 Å². The van der Waals surface area contributed by atoms with Gasteiger partial charge in [0.25, 0.3) is 0 Å². The van der Waals surface area contributed by atoms with E-state index in [4.69, 9.17) is 4.74 Å². The maximum atomic E-state index is 12.5. The summed E-state index contributed by atoms with van der Waals surface area (Å²) in [4.78, 5) is 16.5. The maximum absolute atomic E-state index is 12.5. The lowest BCUT2D eigenvalue weighted by atomic mass is 9.99. The lowest BCUT2D eigenvalue weighted by molar-refractivity contribution is -0.135. The van der Waals surface area contributed by atoms with Crippen molar-refractivity contribution < 1.29 is 9.53 Å². The molecule has 0 aromatic heterocycles. The van der Waals surface area contributed by atoms with Crippen LogP contribution >= 0.6 is 0 Å². The fraction of sp³-hybridized carbons (Fsp3) is 0.562. The third-order valence-corrected chi connectivity index (χ3v) is 3.97. The van der Waals surface area contributed by atoms with Gasteiger partial charge < -0.3 is 9.64 Å². The molecule has 0 bridgehead atoms. The SMILES string of the molecule is COC1CCN(C(C(=O)N(C)C)c2ccccc2)CC1. The molecule has 0 radical (unpaired) electrons. The van der Waals surface area contributed by atoms with Crippen molar-refractivity contribution in [1.29, 1.82) is 0 Å². The van der Waals surface area contributed by atoms with Crippen LogP contribution in [-0.4, -0.2) is 56.1 Å². The molecule has 0 spiro atoms. The Hall–Kier alpha value is -1.39. The number of benzene rings is 1. The monoisotopic (exact) mass is 276 g/mol. The molecular weight excluding hydrogens is 252 g/mol. The van der Waals surface area contributed by atoms with E-state index >= 15 is 0 Å². The van der Waals surface area contributed by atoms with Crippen molar-refractivity contribution in [2.45, 2.75) is 25.0 Å². The number of hydrogen-bond donors (Lipinski definition) is 0. The minimum absolute atomic E-state index is 0.145. The maximum Gasteiger partial charge on any atom is 0.244 e. The number of rotatable bonds is 4. The molecule has 4 nitrogen and oxygen atoms in total. The van der Waals surface area contributed by atoms with Crippen molar-refractivity contribution in [3.63, 3.8) is 0 Å². The number of carbonyl (C=O) groups is 1. The Kier molecular flexibility index (Phi) is 5.15. The van der Waals surface area contributed by atoms with Crippen molar-refractivity contribution in [2.24, 2.45) is 0 Å². The van der Waals surface area contributed by atoms with Crippen molar-refractivity contribution in [1.82, 2.24) is 9.80 Å². The number of nitrogens with zero attached hydrogens (tertiary/aromatic N) is 2. The molecule has 2 rings (SSSR count). The molecule has 1 heterocycles. The number of likely N-dealkylation sites (N-methyl/N-ethyl adjacent to an activating group) is 1. The second-order valence-electron chi connectivity index (χ2n) is 5.52. The zero-order valence-corrected chi connectivity index (χ0v) is 12.6. The van der Waals surface area contributed by atoms with E-state index in [0.29, 0.717) is 6.10 Å². The second kappa shape index (κ2) is 6.86. The minimum atomic E-state index is -0.177. The summed E-state index contributed by atoms with van der Waals surface area (Å²) in [6.07, 6.45) is 2.30. The predicted octanol–water partition coefficient (Wildman–Crippen LogP) is 1.93. The van der Waals surface area contributed by atoms with Crippen LogP contribution in [0.4, 0.5) is 0 Å². The van der Waals surface area contributed by atoms with E-state index in [1.165, 1.54) is 0 Å². The van der Waals surface area contributed by atoms with Gasteiger partial charge in [-0.25, -0.2) is 0 Å². The second-order valence-corrected chi connectivity index (χ2v) is 5.52. The average Bonchev–Trinajstić information content (AvgIpc) is 2.49. The topological polar surface area (TPSA) is 32.8 Å². The summed E-state index contributed by atoms with van der Waals surface area (Å²) >= 11 is 0. The Balaban J connectivity index is 2.18. The van der Waals surface area contributed by atoms with E-state index in [2.05, 4.69) is 4.90 Å². The molecule has 1 amide bonds. The molecule has 1 fully saturated rings. The summed E-state index contributed by atoms with van der Waals surface area (Å²) in [7, 11) is 5.40. The Morgan fingerprint density at radius 2 is 1.85 bits per heavy atom. The van der Waals surface area contributed by atoms with Crippen LogP contribution < -0.4 is 0 Å². The van der Waals surface area contributed by atoms with Crippen LogP contribution in [0.5, 0.6) is 0 Å². The van der Waals surface area contributed by atoms with Crippen LogP contribution in [0, 0.1) is 0 Å². The lowest BCUT2D eigenvalue weighted by Crippen LogP contribution is -2.45. The number of methoxy groups -OCH3 is 1. The molecule has 0 aliphatic carbocycles. The third-order valence-electron chi connectivity index (χ3n) is 3.97. The number of carbonyl (C=O) groups excluding carboxylic acids is 1. The number of piperidine rings is 1. The molecule has 1 unspecified atom stereocenters. The fourth-order valence-corrected chi connectivity index (χ4v) is 2.76. The summed E-state index contributed by atoms with van der Waals surface area (Å²) in [6, 6.07) is 9.87. The van der Waals surface area contributed by atoms with Crippen LogP contribution in [0.3, 0.4) is 0 Å². The van der Waals surface area contributed by atoms with Gasteiger partial charge in [-0.15, -0.1) is 0 Å². The van der Waals surface area contributed by atoms with E-state index in [-0.39, 0.29) is 11.9 Å². The Morgan fingerprint density at radius 1 is 1.25 bits per heavy atom. The zero-order chi connectivity index (χ0) is 14.5. The Labute approximate surface area is 121 Å². The number of likely N-dealkylation sites (tertiary alicyclic amines) is 1. The summed E-state index contributed by atoms with van der Waals surface area (Å²) in [5, 5.41) is 0. The van der Waals surface area contributed by atoms with E-state index in [1.807, 2.05) is 44.4 Å². The molecule has 4 heteroatoms. The minimum Gasteiger partial charge on any atom is -0.381 e. The van der Waals surface area contributed by atoms with Gasteiger partial charge in [0.1, 0.15) is 6.04 Å². The van der Waals surface area contributed by atoms with Crippen LogP contribution in [0.25, 0.3) is 0 Å². The molecule has 1 aromatic carbocycles. The summed E-state index contributed by atoms with van der Waals surface area (Å²) in [5.74, 6) is 0.145. The van der Waals surface area contributed by atoms with Gasteiger partial charge in [0.15, 0.2) is 0 Å². The van der Waals surface area contributed by atoms with E-state index < -0.39 is 0 Å². The molecule has 110 valence electrons. The first-order valence-corrected chi connectivity index (χ1v) is 7.16. The van der Waals surface area contributed by atoms with Gasteiger partial charge in [0.2, 0.25) is 5.91 Å². The van der Waals surface area contributed by atoms with Crippen molar-refractivity contribution >= 4 is 5.91 Å². The molecule has 1 aromatic rings. The molecule has 0 saturated carbocycles. The molecule has 1 aliphatic heterocycles. The standard InChI is InChI=1S/C16H24N2O2/c1-17(2)16(19)15(13-7-5-4-6-8-13)18-11-9-14(20-3)10-12-18/h4-8,14-15H,9-12H2,1-3H3. The van der Waals surface area contributed by atoms with Gasteiger partial charge in [-0.2, -0.15) is 0 Å². The first-order chi connectivity index (χ1) is 9.63. The highest BCUT2D eigenvalue weighted by molar-refractivity contribution is 5.82. The average molecular weight is 276 g/mol. The van der Waals surface area contributed by atoms with E-state index in [9.17, 15) is 4.79 Å². The van der Waals surface area contributed by atoms with Gasteiger partial charge in [-0.05, 0) is 18.4 Å². The highest BCUT2D eigenvalue weighted by atomic mass is 16.5. The van der Waals surface area contributed by atoms with Gasteiger partial charge in [-0.3, -0.25) is 9.69 Å². The van der Waals surface area contributed by atoms with Gasteiger partial charge in [0, 0.05) is 34.3 Å². The largest absolute Gasteiger partial charge is 0.381 e. The highest BCUT2D eigenvalue weighted by Gasteiger charge is 2.31. The lowest BCUT2D eigenvalue weighted by Gasteiger charge is -2.37. The fourth-order valence-electron chi connectivity index (χ4n) is 2.76. The van der Waals surface area contributed by atoms with Crippen LogP contribution in [0.15, 0.2) is 30.3 Å². The van der Waals surface area contributed by atoms with Gasteiger partial charge >= 0.3 is 0 Å². The Morgan fingerprint density at radius 3 is 2.35 bits per heavy atom. The van der Waals surface area contributed by atoms with Crippen LogP contribution in [0.1, 0.15) is 24.4 Å². The molecule has 0 N–H and O–H groups in total. The van der Waals surface area contributed by atoms with E-state index in [1.54, 1.807) is 12.0 Å². The van der Waals surface area contributed by atoms with Gasteiger partial charge in [-0.1, -0.05) is 30.3 Å². The highest BCUT2D eigenvalue weighted by Crippen LogP contribution is 2.26. The number of amides is 1. The summed E-state index contributed by atoms with van der Waals surface area (Å²) in [5.41, 5.74) is 1.07. The smallest absolute Gasteiger partial charge is 0.244 e. The van der Waals surface area contributed by atoms with E-state index in [0.717, 1.165) is 31.5 Å². The molecule has 1 saturated heterocycles. The van der Waals surface area contributed by atoms with Crippen molar-refractivity contribution in [2.75, 3.05) is 34.3 Å². The summed E-state index contributed by atoms with van der Waals surface area (Å²) in [6.45, 7) is 1.80. The third kappa shape index (κ3) is 3.38. The number of ether oxygens (including phenoxy) is 1. The normalized spacial score (nSPS) is 18.8. The molecular formula is C16H24N2O2. The van der Waals surface area contributed by atoms with Crippen LogP contribution in [0.2, 0.25) is 0 Å².